The molecule has 170 valence electrons. The molecule has 1 saturated heterocycles. The van der Waals surface area contributed by atoms with Crippen LogP contribution in [0.3, 0.4) is 0 Å². The first-order valence-electron chi connectivity index (χ1n) is 10.9. The lowest BCUT2D eigenvalue weighted by Gasteiger charge is -2.34. The van der Waals surface area contributed by atoms with Crippen LogP contribution in [-0.4, -0.2) is 47.6 Å². The monoisotopic (exact) mass is 448 g/mol. The van der Waals surface area contributed by atoms with Crippen molar-refractivity contribution in [3.8, 4) is 0 Å². The topological polar surface area (TPSA) is 91.3 Å². The quantitative estimate of drug-likeness (QED) is 0.680. The van der Waals surface area contributed by atoms with Gasteiger partial charge in [0.1, 0.15) is 36.6 Å². The second-order valence-electron chi connectivity index (χ2n) is 8.23. The second kappa shape index (κ2) is 9.31. The summed E-state index contributed by atoms with van der Waals surface area (Å²) in [4.78, 5) is 23.8. The van der Waals surface area contributed by atoms with Crippen LogP contribution in [0.4, 0.5) is 0 Å². The summed E-state index contributed by atoms with van der Waals surface area (Å²) in [7, 11) is 0. The van der Waals surface area contributed by atoms with Gasteiger partial charge in [0.25, 0.3) is 0 Å². The zero-order valence-electron chi connectivity index (χ0n) is 17.7. The summed E-state index contributed by atoms with van der Waals surface area (Å²) in [5.41, 5.74) is 1.58. The van der Waals surface area contributed by atoms with Gasteiger partial charge in [-0.1, -0.05) is 66.7 Å². The molecule has 5 rings (SSSR count). The fourth-order valence-corrected chi connectivity index (χ4v) is 4.49. The molecule has 0 aromatic heterocycles. The van der Waals surface area contributed by atoms with E-state index in [2.05, 4.69) is 0 Å². The van der Waals surface area contributed by atoms with Crippen molar-refractivity contribution < 1.29 is 33.6 Å². The summed E-state index contributed by atoms with van der Waals surface area (Å²) in [6, 6.07) is 18.8. The summed E-state index contributed by atoms with van der Waals surface area (Å²) in [6.45, 7) is 0. The number of ether oxygens (including phenoxy) is 4. The van der Waals surface area contributed by atoms with Crippen LogP contribution < -0.4 is 0 Å². The maximum atomic E-state index is 12.0. The molecule has 0 aliphatic carbocycles. The van der Waals surface area contributed by atoms with Gasteiger partial charge in [-0.05, 0) is 17.2 Å². The third-order valence-corrected chi connectivity index (χ3v) is 6.06. The van der Waals surface area contributed by atoms with E-state index in [1.165, 1.54) is 12.2 Å². The molecule has 0 unspecified atom stereocenters. The van der Waals surface area contributed by atoms with E-state index in [-0.39, 0.29) is 0 Å². The van der Waals surface area contributed by atoms with Crippen molar-refractivity contribution in [1.82, 2.24) is 0 Å². The van der Waals surface area contributed by atoms with Gasteiger partial charge >= 0.3 is 11.9 Å². The largest absolute Gasteiger partial charge is 0.456 e. The van der Waals surface area contributed by atoms with Crippen LogP contribution in [0, 0.1) is 0 Å². The highest BCUT2D eigenvalue weighted by Gasteiger charge is 2.50. The highest BCUT2D eigenvalue weighted by Crippen LogP contribution is 2.42. The maximum absolute atomic E-state index is 12.0. The smallest absolute Gasteiger partial charge is 0.330 e. The Morgan fingerprint density at radius 2 is 1.61 bits per heavy atom. The van der Waals surface area contributed by atoms with Crippen molar-refractivity contribution in [3.63, 3.8) is 0 Å². The van der Waals surface area contributed by atoms with Gasteiger partial charge in [0.2, 0.25) is 0 Å². The number of carbonyl (C=O) groups is 2. The molecule has 2 aromatic carbocycles. The van der Waals surface area contributed by atoms with Crippen molar-refractivity contribution in [1.29, 1.82) is 0 Å². The molecule has 7 nitrogen and oxygen atoms in total. The molecule has 0 amide bonds. The number of carbonyl (C=O) groups excluding carboxylic acids is 2. The van der Waals surface area contributed by atoms with Gasteiger partial charge in [-0.2, -0.15) is 0 Å². The zero-order valence-corrected chi connectivity index (χ0v) is 17.7. The predicted octanol–water partition coefficient (Wildman–Crippen LogP) is 2.97. The fourth-order valence-electron chi connectivity index (χ4n) is 4.49. The molecule has 1 fully saturated rings. The van der Waals surface area contributed by atoms with Crippen molar-refractivity contribution in [2.75, 3.05) is 0 Å². The number of fused-ring (bicyclic) bond motifs is 1. The lowest BCUT2D eigenvalue weighted by atomic mass is 9.95. The highest BCUT2D eigenvalue weighted by molar-refractivity contribution is 5.83. The molecule has 3 heterocycles. The van der Waals surface area contributed by atoms with E-state index >= 15 is 0 Å². The predicted molar refractivity (Wildman–Crippen MR) is 117 cm³/mol. The first-order valence-corrected chi connectivity index (χ1v) is 10.9. The molecule has 0 radical (unpaired) electrons. The highest BCUT2D eigenvalue weighted by atomic mass is 16.6. The van der Waals surface area contributed by atoms with Gasteiger partial charge in [-0.25, -0.2) is 9.59 Å². The van der Waals surface area contributed by atoms with Gasteiger partial charge in [0.15, 0.2) is 6.10 Å². The summed E-state index contributed by atoms with van der Waals surface area (Å²) >= 11 is 0. The average Bonchev–Trinajstić information content (AvgIpc) is 3.20. The maximum Gasteiger partial charge on any atom is 0.330 e. The van der Waals surface area contributed by atoms with E-state index in [9.17, 15) is 14.7 Å². The third kappa shape index (κ3) is 4.48. The Labute approximate surface area is 191 Å². The van der Waals surface area contributed by atoms with Crippen LogP contribution in [0.2, 0.25) is 0 Å². The number of hydrogen-bond donors (Lipinski definition) is 1. The van der Waals surface area contributed by atoms with Crippen molar-refractivity contribution >= 4 is 11.9 Å². The minimum Gasteiger partial charge on any atom is -0.456 e. The van der Waals surface area contributed by atoms with Crippen molar-refractivity contribution in [2.24, 2.45) is 0 Å². The molecule has 33 heavy (non-hydrogen) atoms. The molecule has 2 aromatic rings. The summed E-state index contributed by atoms with van der Waals surface area (Å²) in [6.07, 6.45) is 1.28. The van der Waals surface area contributed by atoms with Gasteiger partial charge in [0.05, 0.1) is 0 Å². The Bertz CT molecular complexity index is 1050. The van der Waals surface area contributed by atoms with E-state index in [0.717, 1.165) is 5.56 Å². The molecule has 3 aliphatic rings. The van der Waals surface area contributed by atoms with Crippen LogP contribution in [0.1, 0.15) is 29.8 Å². The molecular formula is C26H24O7. The van der Waals surface area contributed by atoms with E-state index in [0.29, 0.717) is 12.0 Å². The fraction of sp³-hybridized carbons (Fsp3) is 0.308. The normalized spacial score (nSPS) is 30.3. The Balaban J connectivity index is 1.49. The Morgan fingerprint density at radius 3 is 2.33 bits per heavy atom. The first kappa shape index (κ1) is 21.6. The second-order valence-corrected chi connectivity index (χ2v) is 8.23. The number of cyclic esters (lactones) is 1. The zero-order chi connectivity index (χ0) is 22.8. The number of aliphatic hydroxyl groups excluding tert-OH is 1. The Hall–Kier alpha value is -3.26. The van der Waals surface area contributed by atoms with E-state index < -0.39 is 54.7 Å². The molecule has 0 saturated carbocycles. The third-order valence-electron chi connectivity index (χ3n) is 6.06. The first-order chi connectivity index (χ1) is 16.1. The lowest BCUT2D eigenvalue weighted by Crippen LogP contribution is -2.43. The van der Waals surface area contributed by atoms with Gasteiger partial charge in [-0.3, -0.25) is 0 Å². The number of esters is 2. The Kier molecular flexibility index (Phi) is 6.09. The van der Waals surface area contributed by atoms with Crippen LogP contribution in [0.25, 0.3) is 0 Å². The van der Waals surface area contributed by atoms with E-state index in [1.54, 1.807) is 12.2 Å². The number of benzene rings is 2. The van der Waals surface area contributed by atoms with Gasteiger partial charge in [-0.15, -0.1) is 0 Å². The van der Waals surface area contributed by atoms with E-state index in [4.69, 9.17) is 18.9 Å². The molecule has 0 spiro atoms. The van der Waals surface area contributed by atoms with E-state index in [1.807, 2.05) is 60.7 Å². The minimum absolute atomic E-state index is 0.368. The van der Waals surface area contributed by atoms with Crippen molar-refractivity contribution in [3.05, 3.63) is 96.1 Å². The number of rotatable bonds is 6. The SMILES string of the molecule is O=C1C=C[C@@H]2O[C@H](c3ccccc3)[C@@H](O[C@@H](c3ccccc3)[C@@H](O)[C@H]3CC=CC(=O)O3)[C@@H]2O1. The Morgan fingerprint density at radius 1 is 0.909 bits per heavy atom. The van der Waals surface area contributed by atoms with Crippen molar-refractivity contribution in [2.45, 2.75) is 49.1 Å². The molecule has 3 aliphatic heterocycles. The summed E-state index contributed by atoms with van der Waals surface area (Å²) < 4.78 is 23.7. The van der Waals surface area contributed by atoms with Gasteiger partial charge < -0.3 is 24.1 Å². The number of aliphatic hydroxyl groups is 1. The molecule has 0 bridgehead atoms. The minimum atomic E-state index is -1.15. The molecule has 7 heteroatoms. The number of hydrogen-bond acceptors (Lipinski definition) is 7. The van der Waals surface area contributed by atoms with Crippen LogP contribution in [0.5, 0.6) is 0 Å². The van der Waals surface area contributed by atoms with Crippen LogP contribution in [-0.2, 0) is 28.5 Å². The standard InChI is InChI=1S/C26H24O7/c27-20-13-7-12-18(30-20)22(29)23(16-8-3-1-4-9-16)33-26-24(17-10-5-2-6-11-17)31-19-14-15-21(28)32-25(19)26/h1-11,13-15,18-19,22-26,29H,12H2/t18-,19+,22+,23+,24-,25-,26-/m1/s1. The summed E-state index contributed by atoms with van der Waals surface area (Å²) in [5.74, 6) is -0.972. The lowest BCUT2D eigenvalue weighted by molar-refractivity contribution is -0.177. The van der Waals surface area contributed by atoms with Crippen LogP contribution >= 0.6 is 0 Å². The summed E-state index contributed by atoms with van der Waals surface area (Å²) in [5, 5.41) is 11.3. The molecular weight excluding hydrogens is 424 g/mol. The van der Waals surface area contributed by atoms with Gasteiger partial charge in [0, 0.05) is 18.6 Å². The molecule has 1 N–H and O–H groups in total. The average molecular weight is 448 g/mol. The molecule has 7 atom stereocenters. The van der Waals surface area contributed by atoms with Crippen LogP contribution in [0.15, 0.2) is 85.0 Å².